The third-order valence-corrected chi connectivity index (χ3v) is 3.61. The molecule has 0 aliphatic carbocycles. The molecule has 2 rings (SSSR count). The fraction of sp³-hybridized carbons (Fsp3) is 0.500. The minimum Gasteiger partial charge on any atom is -0.395 e. The van der Waals surface area contributed by atoms with Crippen molar-refractivity contribution in [3.05, 3.63) is 28.8 Å². The van der Waals surface area contributed by atoms with Crippen molar-refractivity contribution in [1.29, 1.82) is 0 Å². The van der Waals surface area contributed by atoms with Gasteiger partial charge in [0.15, 0.2) is 0 Å². The largest absolute Gasteiger partial charge is 0.395 e. The van der Waals surface area contributed by atoms with Crippen LogP contribution in [0, 0.1) is 0 Å². The van der Waals surface area contributed by atoms with Crippen LogP contribution >= 0.6 is 11.6 Å². The van der Waals surface area contributed by atoms with Gasteiger partial charge in [0.1, 0.15) is 0 Å². The predicted molar refractivity (Wildman–Crippen MR) is 67.1 cm³/mol. The third kappa shape index (κ3) is 1.90. The van der Waals surface area contributed by atoms with Crippen molar-refractivity contribution >= 4 is 17.3 Å². The number of benzene rings is 1. The monoisotopic (exact) mass is 240 g/mol. The van der Waals surface area contributed by atoms with Crippen LogP contribution in [0.3, 0.4) is 0 Å². The van der Waals surface area contributed by atoms with Gasteiger partial charge in [-0.15, -0.1) is 0 Å². The lowest BCUT2D eigenvalue weighted by atomic mass is 9.85. The summed E-state index contributed by atoms with van der Waals surface area (Å²) in [4.78, 5) is 2.15. The number of para-hydroxylation sites is 1. The molecule has 0 aromatic heterocycles. The molecule has 0 spiro atoms. The van der Waals surface area contributed by atoms with E-state index in [-0.39, 0.29) is 18.6 Å². The van der Waals surface area contributed by atoms with Crippen molar-refractivity contribution in [2.75, 3.05) is 25.1 Å². The Hall–Kier alpha value is -0.770. The average Bonchev–Trinajstić information content (AvgIpc) is 2.28. The molecule has 1 heterocycles. The molecule has 4 heteroatoms. The van der Waals surface area contributed by atoms with Gasteiger partial charge in [0.25, 0.3) is 0 Å². The van der Waals surface area contributed by atoms with Crippen molar-refractivity contribution in [3.63, 3.8) is 0 Å². The lowest BCUT2D eigenvalue weighted by molar-refractivity contribution is 0.244. The van der Waals surface area contributed by atoms with Crippen LogP contribution in [0.15, 0.2) is 18.2 Å². The lowest BCUT2D eigenvalue weighted by Gasteiger charge is -2.36. The molecule has 1 aromatic carbocycles. The van der Waals surface area contributed by atoms with E-state index in [0.29, 0.717) is 0 Å². The van der Waals surface area contributed by atoms with E-state index in [9.17, 15) is 5.11 Å². The van der Waals surface area contributed by atoms with Gasteiger partial charge in [-0.05, 0) is 18.1 Å². The average molecular weight is 241 g/mol. The first-order valence-electron chi connectivity index (χ1n) is 5.51. The van der Waals surface area contributed by atoms with Crippen LogP contribution in [0.5, 0.6) is 0 Å². The zero-order valence-electron chi connectivity index (χ0n) is 9.36. The zero-order valence-corrected chi connectivity index (χ0v) is 10.1. The van der Waals surface area contributed by atoms with E-state index >= 15 is 0 Å². The Morgan fingerprint density at radius 1 is 1.62 bits per heavy atom. The predicted octanol–water partition coefficient (Wildman–Crippen LogP) is 1.58. The molecule has 88 valence electrons. The maximum absolute atomic E-state index is 9.18. The van der Waals surface area contributed by atoms with Gasteiger partial charge in [-0.3, -0.25) is 0 Å². The molecule has 0 bridgehead atoms. The number of halogens is 1. The highest BCUT2D eigenvalue weighted by atomic mass is 35.5. The standard InChI is InChI=1S/C12H17ClN2O/c1-15-6-5-8(11(14)7-16)9-3-2-4-10(13)12(9)15/h2-4,8,11,16H,5-7,14H2,1H3. The Kier molecular flexibility index (Phi) is 3.38. The molecule has 0 saturated heterocycles. The van der Waals surface area contributed by atoms with E-state index in [1.165, 1.54) is 0 Å². The lowest BCUT2D eigenvalue weighted by Crippen LogP contribution is -2.38. The summed E-state index contributed by atoms with van der Waals surface area (Å²) in [6.45, 7) is 0.940. The van der Waals surface area contributed by atoms with E-state index in [1.54, 1.807) is 0 Å². The van der Waals surface area contributed by atoms with E-state index in [4.69, 9.17) is 17.3 Å². The summed E-state index contributed by atoms with van der Waals surface area (Å²) in [6.07, 6.45) is 0.964. The van der Waals surface area contributed by atoms with Gasteiger partial charge in [-0.2, -0.15) is 0 Å². The minimum atomic E-state index is -0.203. The van der Waals surface area contributed by atoms with Crippen molar-refractivity contribution in [2.24, 2.45) is 5.73 Å². The normalized spacial score (nSPS) is 21.8. The number of rotatable bonds is 2. The maximum atomic E-state index is 9.18. The first kappa shape index (κ1) is 11.7. The highest BCUT2D eigenvalue weighted by molar-refractivity contribution is 6.33. The third-order valence-electron chi connectivity index (χ3n) is 3.30. The fourth-order valence-corrected chi connectivity index (χ4v) is 2.73. The fourth-order valence-electron chi connectivity index (χ4n) is 2.41. The van der Waals surface area contributed by atoms with Gasteiger partial charge in [-0.25, -0.2) is 0 Å². The Morgan fingerprint density at radius 2 is 2.38 bits per heavy atom. The first-order chi connectivity index (χ1) is 7.65. The number of hydrogen-bond acceptors (Lipinski definition) is 3. The number of anilines is 1. The SMILES string of the molecule is CN1CCC(C(N)CO)c2cccc(Cl)c21. The van der Waals surface area contributed by atoms with Crippen LogP contribution in [-0.2, 0) is 0 Å². The second-order valence-electron chi connectivity index (χ2n) is 4.34. The van der Waals surface area contributed by atoms with Crippen molar-refractivity contribution in [1.82, 2.24) is 0 Å². The van der Waals surface area contributed by atoms with E-state index in [0.717, 1.165) is 29.2 Å². The molecule has 0 radical (unpaired) electrons. The molecule has 2 atom stereocenters. The van der Waals surface area contributed by atoms with Crippen molar-refractivity contribution in [2.45, 2.75) is 18.4 Å². The van der Waals surface area contributed by atoms with Gasteiger partial charge in [-0.1, -0.05) is 23.7 Å². The summed E-state index contributed by atoms with van der Waals surface area (Å²) in [7, 11) is 2.03. The number of nitrogens with zero attached hydrogens (tertiary/aromatic N) is 1. The van der Waals surface area contributed by atoms with E-state index in [1.807, 2.05) is 19.2 Å². The molecule has 1 aliphatic heterocycles. The molecule has 0 fully saturated rings. The highest BCUT2D eigenvalue weighted by Gasteiger charge is 2.28. The van der Waals surface area contributed by atoms with Crippen LogP contribution in [0.1, 0.15) is 17.9 Å². The number of aliphatic hydroxyl groups excluding tert-OH is 1. The molecule has 0 saturated carbocycles. The number of fused-ring (bicyclic) bond motifs is 1. The summed E-state index contributed by atoms with van der Waals surface area (Å²) < 4.78 is 0. The molecule has 3 N–H and O–H groups in total. The number of hydrogen-bond donors (Lipinski definition) is 2. The van der Waals surface area contributed by atoms with Crippen LogP contribution in [-0.4, -0.2) is 31.3 Å². The van der Waals surface area contributed by atoms with E-state index < -0.39 is 0 Å². The van der Waals surface area contributed by atoms with Crippen LogP contribution in [0.4, 0.5) is 5.69 Å². The molecule has 1 aromatic rings. The van der Waals surface area contributed by atoms with Gasteiger partial charge < -0.3 is 15.7 Å². The Morgan fingerprint density at radius 3 is 3.06 bits per heavy atom. The highest BCUT2D eigenvalue weighted by Crippen LogP contribution is 2.40. The first-order valence-corrected chi connectivity index (χ1v) is 5.89. The second-order valence-corrected chi connectivity index (χ2v) is 4.75. The molecular weight excluding hydrogens is 224 g/mol. The van der Waals surface area contributed by atoms with Crippen LogP contribution < -0.4 is 10.6 Å². The summed E-state index contributed by atoms with van der Waals surface area (Å²) in [5.41, 5.74) is 8.16. The summed E-state index contributed by atoms with van der Waals surface area (Å²) in [5.74, 6) is 0.204. The van der Waals surface area contributed by atoms with Gasteiger partial charge in [0.05, 0.1) is 17.3 Å². The number of nitrogens with two attached hydrogens (primary N) is 1. The molecule has 1 aliphatic rings. The zero-order chi connectivity index (χ0) is 11.7. The van der Waals surface area contributed by atoms with E-state index in [2.05, 4.69) is 11.0 Å². The maximum Gasteiger partial charge on any atom is 0.0642 e. The Balaban J connectivity index is 2.44. The van der Waals surface area contributed by atoms with Gasteiger partial charge in [0.2, 0.25) is 0 Å². The molecule has 16 heavy (non-hydrogen) atoms. The van der Waals surface area contributed by atoms with Gasteiger partial charge >= 0.3 is 0 Å². The molecular formula is C12H17ClN2O. The number of aliphatic hydroxyl groups is 1. The van der Waals surface area contributed by atoms with Gasteiger partial charge in [0, 0.05) is 25.6 Å². The molecule has 2 unspecified atom stereocenters. The Bertz CT molecular complexity index is 383. The summed E-state index contributed by atoms with van der Waals surface area (Å²) >= 11 is 6.21. The quantitative estimate of drug-likeness (QED) is 0.825. The summed E-state index contributed by atoms with van der Waals surface area (Å²) in [5, 5.41) is 9.94. The topological polar surface area (TPSA) is 49.5 Å². The van der Waals surface area contributed by atoms with Crippen molar-refractivity contribution < 1.29 is 5.11 Å². The second kappa shape index (κ2) is 4.62. The molecule has 3 nitrogen and oxygen atoms in total. The van der Waals surface area contributed by atoms with Crippen LogP contribution in [0.25, 0.3) is 0 Å². The minimum absolute atomic E-state index is 0.0142. The van der Waals surface area contributed by atoms with Crippen LogP contribution in [0.2, 0.25) is 5.02 Å². The summed E-state index contributed by atoms with van der Waals surface area (Å²) in [6, 6.07) is 5.68. The smallest absolute Gasteiger partial charge is 0.0642 e. The molecule has 0 amide bonds. The van der Waals surface area contributed by atoms with Crippen molar-refractivity contribution in [3.8, 4) is 0 Å². The Labute approximate surface area is 101 Å².